The van der Waals surface area contributed by atoms with Crippen LogP contribution >= 0.6 is 0 Å². The second-order valence-electron chi connectivity index (χ2n) is 5.34. The SMILES string of the molecule is COC(=O)C1CCN(C(=O)C(C)Oc2cccc(F)c2)CC1. The first-order valence-corrected chi connectivity index (χ1v) is 7.30. The number of hydrogen-bond acceptors (Lipinski definition) is 4. The van der Waals surface area contributed by atoms with E-state index in [0.717, 1.165) is 0 Å². The van der Waals surface area contributed by atoms with Gasteiger partial charge in [0.2, 0.25) is 0 Å². The second-order valence-corrected chi connectivity index (χ2v) is 5.34. The van der Waals surface area contributed by atoms with Gasteiger partial charge in [-0.2, -0.15) is 0 Å². The van der Waals surface area contributed by atoms with Crippen molar-refractivity contribution >= 4 is 11.9 Å². The van der Waals surface area contributed by atoms with Gasteiger partial charge < -0.3 is 14.4 Å². The summed E-state index contributed by atoms with van der Waals surface area (Å²) in [4.78, 5) is 25.5. The highest BCUT2D eigenvalue weighted by molar-refractivity contribution is 5.81. The molecule has 1 aromatic carbocycles. The van der Waals surface area contributed by atoms with Crippen molar-refractivity contribution in [2.24, 2.45) is 5.92 Å². The number of carbonyl (C=O) groups is 2. The monoisotopic (exact) mass is 309 g/mol. The maximum absolute atomic E-state index is 13.1. The van der Waals surface area contributed by atoms with Gasteiger partial charge >= 0.3 is 5.97 Å². The van der Waals surface area contributed by atoms with Gasteiger partial charge in [-0.15, -0.1) is 0 Å². The summed E-state index contributed by atoms with van der Waals surface area (Å²) < 4.78 is 23.3. The minimum Gasteiger partial charge on any atom is -0.481 e. The number of nitrogens with zero attached hydrogens (tertiary/aromatic N) is 1. The van der Waals surface area contributed by atoms with E-state index in [4.69, 9.17) is 9.47 Å². The van der Waals surface area contributed by atoms with Crippen LogP contribution in [-0.2, 0) is 14.3 Å². The van der Waals surface area contributed by atoms with Crippen LogP contribution in [0.25, 0.3) is 0 Å². The zero-order valence-electron chi connectivity index (χ0n) is 12.8. The maximum Gasteiger partial charge on any atom is 0.308 e. The van der Waals surface area contributed by atoms with Crippen LogP contribution in [0.2, 0.25) is 0 Å². The number of hydrogen-bond donors (Lipinski definition) is 0. The molecule has 0 aromatic heterocycles. The number of carbonyl (C=O) groups excluding carboxylic acids is 2. The molecule has 0 N–H and O–H groups in total. The Morgan fingerprint density at radius 1 is 1.32 bits per heavy atom. The van der Waals surface area contributed by atoms with E-state index < -0.39 is 11.9 Å². The van der Waals surface area contributed by atoms with Gasteiger partial charge in [-0.25, -0.2) is 4.39 Å². The van der Waals surface area contributed by atoms with Gasteiger partial charge in [0.15, 0.2) is 6.10 Å². The molecule has 0 bridgehead atoms. The van der Waals surface area contributed by atoms with E-state index in [1.54, 1.807) is 17.9 Å². The second kappa shape index (κ2) is 7.24. The van der Waals surface area contributed by atoms with Gasteiger partial charge in [-0.05, 0) is 31.9 Å². The number of piperidine rings is 1. The van der Waals surface area contributed by atoms with E-state index in [2.05, 4.69) is 0 Å². The Hall–Kier alpha value is -2.11. The average molecular weight is 309 g/mol. The fraction of sp³-hybridized carbons (Fsp3) is 0.500. The first-order valence-electron chi connectivity index (χ1n) is 7.30. The number of amides is 1. The zero-order chi connectivity index (χ0) is 16.1. The number of halogens is 1. The lowest BCUT2D eigenvalue weighted by Gasteiger charge is -2.32. The minimum atomic E-state index is -0.698. The standard InChI is InChI=1S/C16H20FNO4/c1-11(22-14-5-3-4-13(17)10-14)15(19)18-8-6-12(7-9-18)16(20)21-2/h3-5,10-12H,6-9H2,1-2H3. The molecule has 1 unspecified atom stereocenters. The van der Waals surface area contributed by atoms with Crippen LogP contribution in [0.3, 0.4) is 0 Å². The van der Waals surface area contributed by atoms with Crippen LogP contribution < -0.4 is 4.74 Å². The van der Waals surface area contributed by atoms with Crippen molar-refractivity contribution in [3.8, 4) is 5.75 Å². The molecule has 1 atom stereocenters. The molecule has 120 valence electrons. The number of rotatable bonds is 4. The number of ether oxygens (including phenoxy) is 2. The normalized spacial score (nSPS) is 17.0. The van der Waals surface area contributed by atoms with E-state index in [0.29, 0.717) is 31.7 Å². The molecule has 1 heterocycles. The molecule has 0 aliphatic carbocycles. The summed E-state index contributed by atoms with van der Waals surface area (Å²) in [5.41, 5.74) is 0. The quantitative estimate of drug-likeness (QED) is 0.798. The van der Waals surface area contributed by atoms with Crippen molar-refractivity contribution in [3.63, 3.8) is 0 Å². The van der Waals surface area contributed by atoms with Gasteiger partial charge in [-0.1, -0.05) is 6.07 Å². The Kier molecular flexibility index (Phi) is 5.35. The van der Waals surface area contributed by atoms with Crippen molar-refractivity contribution in [1.82, 2.24) is 4.90 Å². The van der Waals surface area contributed by atoms with Gasteiger partial charge in [0.05, 0.1) is 13.0 Å². The lowest BCUT2D eigenvalue weighted by molar-refractivity contribution is -0.150. The average Bonchev–Trinajstić information content (AvgIpc) is 2.53. The predicted octanol–water partition coefficient (Wildman–Crippen LogP) is 2.00. The Morgan fingerprint density at radius 2 is 2.00 bits per heavy atom. The molecule has 0 radical (unpaired) electrons. The molecule has 1 fully saturated rings. The van der Waals surface area contributed by atoms with Crippen LogP contribution in [0.1, 0.15) is 19.8 Å². The third kappa shape index (κ3) is 3.96. The lowest BCUT2D eigenvalue weighted by atomic mass is 9.97. The van der Waals surface area contributed by atoms with E-state index in [-0.39, 0.29) is 17.8 Å². The highest BCUT2D eigenvalue weighted by Gasteiger charge is 2.30. The first-order chi connectivity index (χ1) is 10.5. The number of methoxy groups -OCH3 is 1. The molecular weight excluding hydrogens is 289 g/mol. The first kappa shape index (κ1) is 16.3. The summed E-state index contributed by atoms with van der Waals surface area (Å²) >= 11 is 0. The number of likely N-dealkylation sites (tertiary alicyclic amines) is 1. The molecule has 0 spiro atoms. The topological polar surface area (TPSA) is 55.8 Å². The Morgan fingerprint density at radius 3 is 2.59 bits per heavy atom. The van der Waals surface area contributed by atoms with Crippen molar-refractivity contribution in [2.45, 2.75) is 25.9 Å². The molecule has 6 heteroatoms. The van der Waals surface area contributed by atoms with Crippen molar-refractivity contribution in [2.75, 3.05) is 20.2 Å². The predicted molar refractivity (Wildman–Crippen MR) is 77.8 cm³/mol. The highest BCUT2D eigenvalue weighted by Crippen LogP contribution is 2.20. The van der Waals surface area contributed by atoms with Gasteiger partial charge in [0.25, 0.3) is 5.91 Å². The summed E-state index contributed by atoms with van der Waals surface area (Å²) in [6.07, 6.45) is 0.479. The molecule has 0 saturated carbocycles. The van der Waals surface area contributed by atoms with Crippen molar-refractivity contribution in [3.05, 3.63) is 30.1 Å². The van der Waals surface area contributed by atoms with Crippen LogP contribution in [0.4, 0.5) is 4.39 Å². The Labute approximate surface area is 129 Å². The van der Waals surface area contributed by atoms with Crippen LogP contribution in [0.5, 0.6) is 5.75 Å². The van der Waals surface area contributed by atoms with E-state index in [1.165, 1.54) is 25.3 Å². The fourth-order valence-corrected chi connectivity index (χ4v) is 2.55. The Balaban J connectivity index is 1.88. The largest absolute Gasteiger partial charge is 0.481 e. The molecule has 22 heavy (non-hydrogen) atoms. The van der Waals surface area contributed by atoms with Crippen molar-refractivity contribution in [1.29, 1.82) is 0 Å². The number of esters is 1. The van der Waals surface area contributed by atoms with E-state index >= 15 is 0 Å². The van der Waals surface area contributed by atoms with E-state index in [9.17, 15) is 14.0 Å². The van der Waals surface area contributed by atoms with Crippen molar-refractivity contribution < 1.29 is 23.5 Å². The van der Waals surface area contributed by atoms with Crippen LogP contribution in [0, 0.1) is 11.7 Å². The molecular formula is C16H20FNO4. The lowest BCUT2D eigenvalue weighted by Crippen LogP contribution is -2.45. The molecule has 1 aliphatic heterocycles. The molecule has 1 saturated heterocycles. The molecule has 1 amide bonds. The summed E-state index contributed by atoms with van der Waals surface area (Å²) in [6.45, 7) is 2.63. The third-order valence-electron chi connectivity index (χ3n) is 3.80. The molecule has 1 aromatic rings. The molecule has 2 rings (SSSR count). The fourth-order valence-electron chi connectivity index (χ4n) is 2.55. The zero-order valence-corrected chi connectivity index (χ0v) is 12.8. The summed E-state index contributed by atoms with van der Waals surface area (Å²) in [5.74, 6) is -0.612. The third-order valence-corrected chi connectivity index (χ3v) is 3.80. The van der Waals surface area contributed by atoms with Gasteiger partial charge in [0, 0.05) is 19.2 Å². The van der Waals surface area contributed by atoms with E-state index in [1.807, 2.05) is 0 Å². The van der Waals surface area contributed by atoms with Gasteiger partial charge in [0.1, 0.15) is 11.6 Å². The summed E-state index contributed by atoms with van der Waals surface area (Å²) in [7, 11) is 1.37. The summed E-state index contributed by atoms with van der Waals surface area (Å²) in [5, 5.41) is 0. The highest BCUT2D eigenvalue weighted by atomic mass is 19.1. The maximum atomic E-state index is 13.1. The molecule has 5 nitrogen and oxygen atoms in total. The summed E-state index contributed by atoms with van der Waals surface area (Å²) in [6, 6.07) is 5.70. The smallest absolute Gasteiger partial charge is 0.308 e. The van der Waals surface area contributed by atoms with Crippen LogP contribution in [-0.4, -0.2) is 43.1 Å². The van der Waals surface area contributed by atoms with Gasteiger partial charge in [-0.3, -0.25) is 9.59 Å². The number of benzene rings is 1. The van der Waals surface area contributed by atoms with Crippen LogP contribution in [0.15, 0.2) is 24.3 Å². The Bertz CT molecular complexity index is 541. The molecule has 1 aliphatic rings. The minimum absolute atomic E-state index is 0.145.